The molecule has 0 fully saturated rings. The number of rotatable bonds is 8. The molecule has 0 spiro atoms. The van der Waals surface area contributed by atoms with E-state index in [1.54, 1.807) is 26.0 Å². The van der Waals surface area contributed by atoms with Crippen LogP contribution >= 0.6 is 0 Å². The Bertz CT molecular complexity index is 497. The van der Waals surface area contributed by atoms with Gasteiger partial charge in [0.2, 0.25) is 0 Å². The molecule has 7 heteroatoms. The quantitative estimate of drug-likeness (QED) is 0.535. The summed E-state index contributed by atoms with van der Waals surface area (Å²) in [6.07, 6.45) is -0.782. The van der Waals surface area contributed by atoms with Crippen molar-refractivity contribution < 1.29 is 28.6 Å². The third kappa shape index (κ3) is 7.30. The van der Waals surface area contributed by atoms with Crippen molar-refractivity contribution in [1.29, 1.82) is 0 Å². The number of carbonyl (C=O) groups excluding carboxylic acids is 3. The van der Waals surface area contributed by atoms with Gasteiger partial charge in [0, 0.05) is 0 Å². The zero-order valence-electron chi connectivity index (χ0n) is 13.3. The van der Waals surface area contributed by atoms with E-state index in [-0.39, 0.29) is 32.9 Å². The van der Waals surface area contributed by atoms with Crippen molar-refractivity contribution in [2.75, 3.05) is 26.3 Å². The first-order chi connectivity index (χ1) is 11.1. The second-order valence-corrected chi connectivity index (χ2v) is 4.51. The van der Waals surface area contributed by atoms with Gasteiger partial charge in [-0.05, 0) is 19.4 Å². The van der Waals surface area contributed by atoms with Crippen LogP contribution in [0.25, 0.3) is 0 Å². The van der Waals surface area contributed by atoms with E-state index < -0.39 is 18.0 Å². The first kappa shape index (κ1) is 18.5. The standard InChI is InChI=1S/C16H21NO6/c1-3-21-14(18)10-17(11-15(19)22-4-2)16(20)23-12-13-8-6-5-7-9-13/h5-9H,3-4,10-12H2,1-2H3. The Labute approximate surface area is 135 Å². The molecule has 1 aromatic carbocycles. The molecule has 0 heterocycles. The van der Waals surface area contributed by atoms with E-state index in [2.05, 4.69) is 0 Å². The Morgan fingerprint density at radius 1 is 0.870 bits per heavy atom. The summed E-state index contributed by atoms with van der Waals surface area (Å²) in [6, 6.07) is 9.08. The third-order valence-electron chi connectivity index (χ3n) is 2.71. The summed E-state index contributed by atoms with van der Waals surface area (Å²) >= 11 is 0. The van der Waals surface area contributed by atoms with E-state index in [4.69, 9.17) is 14.2 Å². The Balaban J connectivity index is 2.62. The Hall–Kier alpha value is -2.57. The second-order valence-electron chi connectivity index (χ2n) is 4.51. The molecule has 0 atom stereocenters. The monoisotopic (exact) mass is 323 g/mol. The number of hydrogen-bond donors (Lipinski definition) is 0. The highest BCUT2D eigenvalue weighted by Crippen LogP contribution is 2.04. The van der Waals surface area contributed by atoms with Crippen molar-refractivity contribution in [2.24, 2.45) is 0 Å². The minimum atomic E-state index is -0.782. The van der Waals surface area contributed by atoms with Crippen LogP contribution in [0.3, 0.4) is 0 Å². The van der Waals surface area contributed by atoms with Crippen LogP contribution in [0.15, 0.2) is 30.3 Å². The van der Waals surface area contributed by atoms with Crippen molar-refractivity contribution >= 4 is 18.0 Å². The lowest BCUT2D eigenvalue weighted by Gasteiger charge is -2.20. The molecule has 0 aromatic heterocycles. The van der Waals surface area contributed by atoms with Crippen LogP contribution < -0.4 is 0 Å². The van der Waals surface area contributed by atoms with Crippen LogP contribution in [0.4, 0.5) is 4.79 Å². The molecule has 1 aromatic rings. The number of hydrogen-bond acceptors (Lipinski definition) is 6. The highest BCUT2D eigenvalue weighted by molar-refractivity contribution is 5.82. The van der Waals surface area contributed by atoms with Crippen LogP contribution in [0.2, 0.25) is 0 Å². The number of nitrogens with zero attached hydrogens (tertiary/aromatic N) is 1. The van der Waals surface area contributed by atoms with Gasteiger partial charge in [0.15, 0.2) is 0 Å². The smallest absolute Gasteiger partial charge is 0.411 e. The fraction of sp³-hybridized carbons (Fsp3) is 0.438. The number of esters is 2. The van der Waals surface area contributed by atoms with Gasteiger partial charge >= 0.3 is 18.0 Å². The maximum atomic E-state index is 12.1. The minimum Gasteiger partial charge on any atom is -0.465 e. The second kappa shape index (κ2) is 10.2. The molecule has 0 radical (unpaired) electrons. The fourth-order valence-corrected chi connectivity index (χ4v) is 1.72. The summed E-state index contributed by atoms with van der Waals surface area (Å²) in [7, 11) is 0. The first-order valence-electron chi connectivity index (χ1n) is 7.33. The van der Waals surface area contributed by atoms with Crippen LogP contribution in [0.1, 0.15) is 19.4 Å². The fourth-order valence-electron chi connectivity index (χ4n) is 1.72. The predicted molar refractivity (Wildman–Crippen MR) is 81.5 cm³/mol. The van der Waals surface area contributed by atoms with E-state index in [0.717, 1.165) is 10.5 Å². The lowest BCUT2D eigenvalue weighted by Crippen LogP contribution is -2.40. The van der Waals surface area contributed by atoms with E-state index in [1.165, 1.54) is 0 Å². The molecule has 1 amide bonds. The maximum Gasteiger partial charge on any atom is 0.411 e. The summed E-state index contributed by atoms with van der Waals surface area (Å²) in [5.74, 6) is -1.23. The van der Waals surface area contributed by atoms with Crippen LogP contribution in [0.5, 0.6) is 0 Å². The van der Waals surface area contributed by atoms with Gasteiger partial charge in [-0.3, -0.25) is 14.5 Å². The molecule has 0 unspecified atom stereocenters. The van der Waals surface area contributed by atoms with Crippen LogP contribution in [-0.4, -0.2) is 49.2 Å². The van der Waals surface area contributed by atoms with Gasteiger partial charge in [-0.15, -0.1) is 0 Å². The molecule has 0 saturated heterocycles. The molecule has 0 saturated carbocycles. The minimum absolute atomic E-state index is 0.0435. The molecule has 0 aliphatic heterocycles. The Kier molecular flexibility index (Phi) is 8.20. The highest BCUT2D eigenvalue weighted by atomic mass is 16.6. The lowest BCUT2D eigenvalue weighted by molar-refractivity contribution is -0.147. The Morgan fingerprint density at radius 2 is 1.39 bits per heavy atom. The SMILES string of the molecule is CCOC(=O)CN(CC(=O)OCC)C(=O)OCc1ccccc1. The number of benzene rings is 1. The average Bonchev–Trinajstić information content (AvgIpc) is 2.53. The van der Waals surface area contributed by atoms with Gasteiger partial charge < -0.3 is 14.2 Å². The molecular formula is C16H21NO6. The zero-order valence-corrected chi connectivity index (χ0v) is 13.3. The normalized spacial score (nSPS) is 9.83. The summed E-state index contributed by atoms with van der Waals surface area (Å²) in [5, 5.41) is 0. The lowest BCUT2D eigenvalue weighted by atomic mass is 10.2. The Morgan fingerprint density at radius 3 is 1.87 bits per heavy atom. The zero-order chi connectivity index (χ0) is 17.1. The van der Waals surface area contributed by atoms with Crippen molar-refractivity contribution in [1.82, 2.24) is 4.90 Å². The molecular weight excluding hydrogens is 302 g/mol. The summed E-state index contributed by atoms with van der Waals surface area (Å²) < 4.78 is 14.7. The molecule has 126 valence electrons. The predicted octanol–water partition coefficient (Wildman–Crippen LogP) is 1.75. The third-order valence-corrected chi connectivity index (χ3v) is 2.71. The first-order valence-corrected chi connectivity index (χ1v) is 7.33. The van der Waals surface area contributed by atoms with Crippen LogP contribution in [-0.2, 0) is 30.4 Å². The van der Waals surface area contributed by atoms with Crippen molar-refractivity contribution in [3.8, 4) is 0 Å². The molecule has 7 nitrogen and oxygen atoms in total. The molecule has 0 aliphatic rings. The number of amides is 1. The number of carbonyl (C=O) groups is 3. The molecule has 0 bridgehead atoms. The maximum absolute atomic E-state index is 12.1. The summed E-state index contributed by atoms with van der Waals surface area (Å²) in [5.41, 5.74) is 0.799. The topological polar surface area (TPSA) is 82.1 Å². The highest BCUT2D eigenvalue weighted by Gasteiger charge is 2.22. The molecule has 1 rings (SSSR count). The largest absolute Gasteiger partial charge is 0.465 e. The van der Waals surface area contributed by atoms with E-state index in [0.29, 0.717) is 0 Å². The summed E-state index contributed by atoms with van der Waals surface area (Å²) in [6.45, 7) is 2.97. The van der Waals surface area contributed by atoms with E-state index >= 15 is 0 Å². The van der Waals surface area contributed by atoms with Gasteiger partial charge in [-0.25, -0.2) is 4.79 Å². The van der Waals surface area contributed by atoms with Gasteiger partial charge in [-0.2, -0.15) is 0 Å². The van der Waals surface area contributed by atoms with Gasteiger partial charge in [0.05, 0.1) is 13.2 Å². The van der Waals surface area contributed by atoms with Gasteiger partial charge in [0.1, 0.15) is 19.7 Å². The summed E-state index contributed by atoms with van der Waals surface area (Å²) in [4.78, 5) is 36.1. The molecule has 0 N–H and O–H groups in total. The van der Waals surface area contributed by atoms with Gasteiger partial charge in [0.25, 0.3) is 0 Å². The average molecular weight is 323 g/mol. The number of ether oxygens (including phenoxy) is 3. The van der Waals surface area contributed by atoms with E-state index in [9.17, 15) is 14.4 Å². The molecule has 23 heavy (non-hydrogen) atoms. The van der Waals surface area contributed by atoms with Crippen molar-refractivity contribution in [3.63, 3.8) is 0 Å². The van der Waals surface area contributed by atoms with Crippen molar-refractivity contribution in [2.45, 2.75) is 20.5 Å². The van der Waals surface area contributed by atoms with E-state index in [1.807, 2.05) is 18.2 Å². The van der Waals surface area contributed by atoms with Crippen molar-refractivity contribution in [3.05, 3.63) is 35.9 Å². The van der Waals surface area contributed by atoms with Gasteiger partial charge in [-0.1, -0.05) is 30.3 Å². The molecule has 0 aliphatic carbocycles. The van der Waals surface area contributed by atoms with Crippen LogP contribution in [0, 0.1) is 0 Å².